The molecule has 1 aliphatic rings. The molecule has 0 aromatic heterocycles. The average Bonchev–Trinajstić information content (AvgIpc) is 2.70. The van der Waals surface area contributed by atoms with Crippen LogP contribution >= 0.6 is 0 Å². The fourth-order valence-electron chi connectivity index (χ4n) is 2.10. The molecule has 0 fully saturated rings. The molecule has 6 heteroatoms. The maximum atomic E-state index is 11.9. The maximum Gasteiger partial charge on any atom is 0.303 e. The number of nitrogens with zero attached hydrogens (tertiary/aromatic N) is 1. The highest BCUT2D eigenvalue weighted by molar-refractivity contribution is 6.19. The first-order chi connectivity index (χ1) is 9.02. The van der Waals surface area contributed by atoms with Crippen LogP contribution in [0.15, 0.2) is 18.2 Å². The molecule has 0 saturated carbocycles. The molecule has 19 heavy (non-hydrogen) atoms. The summed E-state index contributed by atoms with van der Waals surface area (Å²) >= 11 is 0. The van der Waals surface area contributed by atoms with E-state index in [0.717, 1.165) is 16.0 Å². The zero-order chi connectivity index (χ0) is 14.0. The predicted molar refractivity (Wildman–Crippen MR) is 67.4 cm³/mol. The largest absolute Gasteiger partial charge is 0.481 e. The Morgan fingerprint density at radius 3 is 2.68 bits per heavy atom. The van der Waals surface area contributed by atoms with Crippen LogP contribution in [0.5, 0.6) is 0 Å². The Kier molecular flexibility index (Phi) is 3.62. The normalized spacial score (nSPS) is 13.5. The van der Waals surface area contributed by atoms with Crippen LogP contribution in [0, 0.1) is 0 Å². The third-order valence-electron chi connectivity index (χ3n) is 3.01. The summed E-state index contributed by atoms with van der Waals surface area (Å²) in [4.78, 5) is 35.3. The molecule has 6 nitrogen and oxygen atoms in total. The maximum absolute atomic E-state index is 11.9. The monoisotopic (exact) mass is 262 g/mol. The number of benzene rings is 1. The summed E-state index contributed by atoms with van der Waals surface area (Å²) in [5, 5.41) is 8.57. The first-order valence-electron chi connectivity index (χ1n) is 5.92. The van der Waals surface area contributed by atoms with Gasteiger partial charge in [0.2, 0.25) is 11.8 Å². The average molecular weight is 262 g/mol. The zero-order valence-corrected chi connectivity index (χ0v) is 10.3. The number of anilines is 1. The predicted octanol–water partition coefficient (Wildman–Crippen LogP) is 0.426. The van der Waals surface area contributed by atoms with Crippen molar-refractivity contribution in [1.82, 2.24) is 0 Å². The second kappa shape index (κ2) is 5.19. The number of hydrogen-bond donors (Lipinski definition) is 2. The number of carbonyl (C=O) groups excluding carboxylic acids is 2. The Labute approximate surface area is 109 Å². The molecule has 3 N–H and O–H groups in total. The van der Waals surface area contributed by atoms with Crippen molar-refractivity contribution in [2.75, 3.05) is 4.90 Å². The van der Waals surface area contributed by atoms with Gasteiger partial charge in [0.15, 0.2) is 0 Å². The molecule has 0 spiro atoms. The summed E-state index contributed by atoms with van der Waals surface area (Å²) in [5.41, 5.74) is 7.72. The van der Waals surface area contributed by atoms with Crippen molar-refractivity contribution in [3.8, 4) is 0 Å². The molecule has 0 atom stereocenters. The van der Waals surface area contributed by atoms with Gasteiger partial charge in [0.05, 0.1) is 18.5 Å². The second-order valence-electron chi connectivity index (χ2n) is 4.36. The van der Waals surface area contributed by atoms with Gasteiger partial charge < -0.3 is 10.8 Å². The lowest BCUT2D eigenvalue weighted by atomic mass is 10.1. The van der Waals surface area contributed by atoms with E-state index in [-0.39, 0.29) is 25.2 Å². The highest BCUT2D eigenvalue weighted by Gasteiger charge is 2.32. The van der Waals surface area contributed by atoms with Crippen molar-refractivity contribution in [1.29, 1.82) is 0 Å². The van der Waals surface area contributed by atoms with Gasteiger partial charge >= 0.3 is 5.97 Å². The zero-order valence-electron chi connectivity index (χ0n) is 10.3. The Balaban J connectivity index is 2.22. The lowest BCUT2D eigenvalue weighted by Crippen LogP contribution is -2.33. The molecule has 0 bridgehead atoms. The molecular weight excluding hydrogens is 248 g/mol. The molecule has 0 saturated heterocycles. The summed E-state index contributed by atoms with van der Waals surface area (Å²) in [5.74, 6) is -1.86. The van der Waals surface area contributed by atoms with Crippen LogP contribution in [0.25, 0.3) is 0 Å². The third-order valence-corrected chi connectivity index (χ3v) is 3.01. The van der Waals surface area contributed by atoms with Gasteiger partial charge in [-0.2, -0.15) is 0 Å². The third kappa shape index (κ3) is 2.63. The minimum absolute atomic E-state index is 0.155. The van der Waals surface area contributed by atoms with Crippen LogP contribution < -0.4 is 10.6 Å². The van der Waals surface area contributed by atoms with Crippen LogP contribution in [0.4, 0.5) is 5.69 Å². The summed E-state index contributed by atoms with van der Waals surface area (Å²) in [7, 11) is 0. The summed E-state index contributed by atoms with van der Waals surface area (Å²) in [6.07, 6.45) is -0.306. The van der Waals surface area contributed by atoms with Gasteiger partial charge in [-0.05, 0) is 17.2 Å². The lowest BCUT2D eigenvalue weighted by molar-refractivity contribution is -0.139. The molecule has 0 unspecified atom stereocenters. The minimum atomic E-state index is -1.06. The fourth-order valence-corrected chi connectivity index (χ4v) is 2.10. The number of fused-ring (bicyclic) bond motifs is 1. The van der Waals surface area contributed by atoms with Gasteiger partial charge in [-0.15, -0.1) is 0 Å². The van der Waals surface area contributed by atoms with E-state index in [4.69, 9.17) is 10.8 Å². The number of carboxylic acids is 1. The molecule has 100 valence electrons. The quantitative estimate of drug-likeness (QED) is 0.819. The second-order valence-corrected chi connectivity index (χ2v) is 4.36. The van der Waals surface area contributed by atoms with Crippen LogP contribution in [0.1, 0.15) is 24.0 Å². The molecule has 1 aromatic rings. The number of nitrogens with two attached hydrogens (primary N) is 1. The molecule has 1 heterocycles. The molecule has 0 radical (unpaired) electrons. The van der Waals surface area contributed by atoms with Crippen molar-refractivity contribution in [2.24, 2.45) is 5.73 Å². The van der Waals surface area contributed by atoms with E-state index in [1.54, 1.807) is 18.2 Å². The number of imide groups is 1. The molecule has 2 rings (SSSR count). The van der Waals surface area contributed by atoms with E-state index >= 15 is 0 Å². The standard InChI is InChI=1S/C13H14N2O4/c14-7-8-1-2-10-9(5-8)6-12(17)15(10)11(16)3-4-13(18)19/h1-2,5H,3-4,6-7,14H2,(H,18,19). The smallest absolute Gasteiger partial charge is 0.303 e. The van der Waals surface area contributed by atoms with Crippen LogP contribution in [-0.4, -0.2) is 22.9 Å². The van der Waals surface area contributed by atoms with Crippen molar-refractivity contribution in [2.45, 2.75) is 25.8 Å². The molecular formula is C13H14N2O4. The Morgan fingerprint density at radius 1 is 1.32 bits per heavy atom. The molecule has 1 aliphatic heterocycles. The van der Waals surface area contributed by atoms with Crippen LogP contribution in [0.2, 0.25) is 0 Å². The van der Waals surface area contributed by atoms with Gasteiger partial charge in [-0.25, -0.2) is 4.90 Å². The highest BCUT2D eigenvalue weighted by Crippen LogP contribution is 2.30. The SMILES string of the molecule is NCc1ccc2c(c1)CC(=O)N2C(=O)CCC(=O)O. The summed E-state index contributed by atoms with van der Waals surface area (Å²) < 4.78 is 0. The lowest BCUT2D eigenvalue weighted by Gasteiger charge is -2.15. The van der Waals surface area contributed by atoms with Gasteiger partial charge in [0, 0.05) is 13.0 Å². The number of hydrogen-bond acceptors (Lipinski definition) is 4. The number of carboxylic acid groups (broad SMARTS) is 1. The van der Waals surface area contributed by atoms with E-state index in [0.29, 0.717) is 12.2 Å². The molecule has 1 aromatic carbocycles. The van der Waals surface area contributed by atoms with Crippen molar-refractivity contribution in [3.63, 3.8) is 0 Å². The minimum Gasteiger partial charge on any atom is -0.481 e. The van der Waals surface area contributed by atoms with Crippen molar-refractivity contribution < 1.29 is 19.5 Å². The Morgan fingerprint density at radius 2 is 2.05 bits per heavy atom. The highest BCUT2D eigenvalue weighted by atomic mass is 16.4. The van der Waals surface area contributed by atoms with Gasteiger partial charge in [-0.3, -0.25) is 14.4 Å². The Bertz CT molecular complexity index is 554. The van der Waals surface area contributed by atoms with Gasteiger partial charge in [-0.1, -0.05) is 12.1 Å². The molecule has 0 aliphatic carbocycles. The number of carbonyl (C=O) groups is 3. The van der Waals surface area contributed by atoms with E-state index in [2.05, 4.69) is 0 Å². The van der Waals surface area contributed by atoms with Gasteiger partial charge in [0.25, 0.3) is 0 Å². The fraction of sp³-hybridized carbons (Fsp3) is 0.308. The summed E-state index contributed by atoms with van der Waals surface area (Å²) in [6, 6.07) is 5.24. The number of amides is 2. The first-order valence-corrected chi connectivity index (χ1v) is 5.92. The van der Waals surface area contributed by atoms with Crippen molar-refractivity contribution in [3.05, 3.63) is 29.3 Å². The number of aliphatic carboxylic acids is 1. The summed E-state index contributed by atoms with van der Waals surface area (Å²) in [6.45, 7) is 0.369. The van der Waals surface area contributed by atoms with Gasteiger partial charge in [0.1, 0.15) is 0 Å². The topological polar surface area (TPSA) is 101 Å². The molecule has 2 amide bonds. The van der Waals surface area contributed by atoms with Crippen molar-refractivity contribution >= 4 is 23.5 Å². The first kappa shape index (κ1) is 13.2. The van der Waals surface area contributed by atoms with E-state index in [1.165, 1.54) is 0 Å². The number of rotatable bonds is 4. The van der Waals surface area contributed by atoms with E-state index < -0.39 is 11.9 Å². The van der Waals surface area contributed by atoms with Crippen LogP contribution in [-0.2, 0) is 27.3 Å². The van der Waals surface area contributed by atoms with Crippen LogP contribution in [0.3, 0.4) is 0 Å². The van der Waals surface area contributed by atoms with E-state index in [9.17, 15) is 14.4 Å². The Hall–Kier alpha value is -2.21. The van der Waals surface area contributed by atoms with E-state index in [1.807, 2.05) is 0 Å².